The third-order valence-corrected chi connectivity index (χ3v) is 5.72. The predicted molar refractivity (Wildman–Crippen MR) is 87.7 cm³/mol. The molecule has 1 aliphatic heterocycles. The van der Waals surface area contributed by atoms with Crippen LogP contribution in [0.1, 0.15) is 49.3 Å². The third-order valence-electron chi connectivity index (χ3n) is 5.72. The number of hydrogen-bond acceptors (Lipinski definition) is 3. The first-order valence-electron chi connectivity index (χ1n) is 8.79. The highest BCUT2D eigenvalue weighted by atomic mass is 16.5. The van der Waals surface area contributed by atoms with E-state index in [2.05, 4.69) is 11.4 Å². The topological polar surface area (TPSA) is 47.6 Å². The first-order chi connectivity index (χ1) is 11.2. The highest BCUT2D eigenvalue weighted by molar-refractivity contribution is 5.82. The van der Waals surface area contributed by atoms with E-state index in [9.17, 15) is 4.79 Å². The quantitative estimate of drug-likeness (QED) is 0.926. The number of fused-ring (bicyclic) bond motifs is 1. The molecule has 3 atom stereocenters. The molecule has 124 valence electrons. The molecule has 1 heterocycles. The molecule has 4 heteroatoms. The number of aryl methyl sites for hydroxylation is 1. The van der Waals surface area contributed by atoms with Crippen molar-refractivity contribution >= 4 is 5.91 Å². The number of carbonyl (C=O) groups excluding carboxylic acids is 1. The zero-order chi connectivity index (χ0) is 16.0. The van der Waals surface area contributed by atoms with E-state index in [1.54, 1.807) is 7.11 Å². The average Bonchev–Trinajstić information content (AvgIpc) is 3.25. The molecule has 1 amide bonds. The minimum absolute atomic E-state index is 0.0442. The van der Waals surface area contributed by atoms with Crippen molar-refractivity contribution in [1.82, 2.24) is 5.32 Å². The summed E-state index contributed by atoms with van der Waals surface area (Å²) >= 11 is 0. The van der Waals surface area contributed by atoms with Crippen LogP contribution in [0.25, 0.3) is 0 Å². The molecule has 3 aliphatic rings. The van der Waals surface area contributed by atoms with Crippen molar-refractivity contribution in [1.29, 1.82) is 0 Å². The Balaban J connectivity index is 1.48. The van der Waals surface area contributed by atoms with Gasteiger partial charge in [-0.25, -0.2) is 0 Å². The lowest BCUT2D eigenvalue weighted by atomic mass is 9.81. The van der Waals surface area contributed by atoms with Crippen LogP contribution in [-0.2, 0) is 4.79 Å². The van der Waals surface area contributed by atoms with E-state index in [0.717, 1.165) is 41.4 Å². The molecule has 1 N–H and O–H groups in total. The highest BCUT2D eigenvalue weighted by Crippen LogP contribution is 2.52. The summed E-state index contributed by atoms with van der Waals surface area (Å²) in [6.07, 6.45) is 5.91. The summed E-state index contributed by atoms with van der Waals surface area (Å²) in [7, 11) is 1.66. The maximum atomic E-state index is 12.6. The summed E-state index contributed by atoms with van der Waals surface area (Å²) < 4.78 is 11.2. The van der Waals surface area contributed by atoms with E-state index in [1.807, 2.05) is 13.0 Å². The van der Waals surface area contributed by atoms with Gasteiger partial charge in [-0.15, -0.1) is 0 Å². The van der Waals surface area contributed by atoms with Crippen LogP contribution in [0.3, 0.4) is 0 Å². The lowest BCUT2D eigenvalue weighted by molar-refractivity contribution is -0.123. The Morgan fingerprint density at radius 1 is 1.30 bits per heavy atom. The van der Waals surface area contributed by atoms with Crippen LogP contribution in [0.4, 0.5) is 0 Å². The van der Waals surface area contributed by atoms with E-state index < -0.39 is 0 Å². The molecule has 23 heavy (non-hydrogen) atoms. The van der Waals surface area contributed by atoms with Crippen molar-refractivity contribution < 1.29 is 14.3 Å². The van der Waals surface area contributed by atoms with Gasteiger partial charge in [-0.1, -0.05) is 25.3 Å². The van der Waals surface area contributed by atoms with Crippen molar-refractivity contribution in [3.63, 3.8) is 0 Å². The lowest BCUT2D eigenvalue weighted by Crippen LogP contribution is -2.34. The maximum absolute atomic E-state index is 12.6. The van der Waals surface area contributed by atoms with Gasteiger partial charge in [-0.2, -0.15) is 0 Å². The lowest BCUT2D eigenvalue weighted by Gasteiger charge is -2.29. The van der Waals surface area contributed by atoms with Crippen LogP contribution in [-0.4, -0.2) is 19.6 Å². The van der Waals surface area contributed by atoms with Gasteiger partial charge in [-0.05, 0) is 36.8 Å². The van der Waals surface area contributed by atoms with Crippen LogP contribution < -0.4 is 14.8 Å². The van der Waals surface area contributed by atoms with Gasteiger partial charge in [0.2, 0.25) is 5.91 Å². The Bertz CT molecular complexity index is 623. The molecule has 2 saturated carbocycles. The van der Waals surface area contributed by atoms with Gasteiger partial charge in [-0.3, -0.25) is 4.79 Å². The molecule has 1 aromatic carbocycles. The largest absolute Gasteiger partial charge is 0.493 e. The summed E-state index contributed by atoms with van der Waals surface area (Å²) in [6, 6.07) is 4.14. The number of ether oxygens (including phenoxy) is 2. The summed E-state index contributed by atoms with van der Waals surface area (Å²) in [5, 5.41) is 3.27. The average molecular weight is 315 g/mol. The van der Waals surface area contributed by atoms with Crippen LogP contribution in [0.15, 0.2) is 12.1 Å². The Morgan fingerprint density at radius 2 is 2.13 bits per heavy atom. The first kappa shape index (κ1) is 14.9. The summed E-state index contributed by atoms with van der Waals surface area (Å²) in [5.41, 5.74) is 2.19. The number of nitrogens with one attached hydrogen (secondary N) is 1. The molecule has 4 nitrogen and oxygen atoms in total. The summed E-state index contributed by atoms with van der Waals surface area (Å²) in [4.78, 5) is 12.6. The molecule has 0 saturated heterocycles. The number of carbonyl (C=O) groups is 1. The molecular formula is C19H25NO3. The number of amides is 1. The van der Waals surface area contributed by atoms with Gasteiger partial charge in [0.15, 0.2) is 11.5 Å². The van der Waals surface area contributed by atoms with Crippen LogP contribution in [0, 0.1) is 24.7 Å². The van der Waals surface area contributed by atoms with Gasteiger partial charge in [0.05, 0.1) is 19.8 Å². The van der Waals surface area contributed by atoms with Crippen molar-refractivity contribution in [2.45, 2.75) is 45.1 Å². The molecule has 0 unspecified atom stereocenters. The zero-order valence-electron chi connectivity index (χ0n) is 13.9. The molecule has 0 spiro atoms. The fraction of sp³-hybridized carbons (Fsp3) is 0.632. The van der Waals surface area contributed by atoms with Crippen molar-refractivity contribution in [2.24, 2.45) is 17.8 Å². The molecule has 4 rings (SSSR count). The second-order valence-corrected chi connectivity index (χ2v) is 7.28. The maximum Gasteiger partial charge on any atom is 0.223 e. The van der Waals surface area contributed by atoms with Gasteiger partial charge in [0, 0.05) is 17.9 Å². The minimum atomic E-state index is 0.0442. The molecule has 2 fully saturated rings. The normalized spacial score (nSPS) is 29.0. The van der Waals surface area contributed by atoms with Gasteiger partial charge in [0.1, 0.15) is 0 Å². The number of hydrogen-bond donors (Lipinski definition) is 1. The van der Waals surface area contributed by atoms with Crippen LogP contribution >= 0.6 is 0 Å². The van der Waals surface area contributed by atoms with Gasteiger partial charge in [0.25, 0.3) is 0 Å². The zero-order valence-corrected chi connectivity index (χ0v) is 13.9. The molecular weight excluding hydrogens is 290 g/mol. The molecule has 0 aromatic heterocycles. The predicted octanol–water partition coefficient (Wildman–Crippen LogP) is 3.38. The second-order valence-electron chi connectivity index (χ2n) is 7.28. The first-order valence-corrected chi connectivity index (χ1v) is 8.79. The van der Waals surface area contributed by atoms with Crippen molar-refractivity contribution in [3.8, 4) is 11.5 Å². The Kier molecular flexibility index (Phi) is 3.70. The molecule has 2 aliphatic carbocycles. The fourth-order valence-electron chi connectivity index (χ4n) is 4.10. The van der Waals surface area contributed by atoms with E-state index in [0.29, 0.717) is 12.5 Å². The minimum Gasteiger partial charge on any atom is -0.493 e. The molecule has 0 bridgehead atoms. The van der Waals surface area contributed by atoms with Crippen LogP contribution in [0.5, 0.6) is 11.5 Å². The Labute approximate surface area is 137 Å². The monoisotopic (exact) mass is 315 g/mol. The van der Waals surface area contributed by atoms with E-state index >= 15 is 0 Å². The van der Waals surface area contributed by atoms with Crippen molar-refractivity contribution in [3.05, 3.63) is 23.3 Å². The van der Waals surface area contributed by atoms with E-state index in [4.69, 9.17) is 9.47 Å². The van der Waals surface area contributed by atoms with E-state index in [-0.39, 0.29) is 17.9 Å². The SMILES string of the molecule is COc1cc(C)cc2c1OCC[C@@H]2NC(=O)[C@@H]1C[C@H]1C1CCC1. The molecule has 0 radical (unpaired) electrons. The van der Waals surface area contributed by atoms with E-state index in [1.165, 1.54) is 19.3 Å². The van der Waals surface area contributed by atoms with Crippen LogP contribution in [0.2, 0.25) is 0 Å². The number of rotatable bonds is 4. The number of benzene rings is 1. The van der Waals surface area contributed by atoms with Gasteiger partial charge >= 0.3 is 0 Å². The third kappa shape index (κ3) is 2.68. The second kappa shape index (κ2) is 5.73. The summed E-state index contributed by atoms with van der Waals surface area (Å²) in [6.45, 7) is 2.66. The Morgan fingerprint density at radius 3 is 2.83 bits per heavy atom. The van der Waals surface area contributed by atoms with Gasteiger partial charge < -0.3 is 14.8 Å². The number of methoxy groups -OCH3 is 1. The standard InChI is InChI=1S/C19H25NO3/c1-11-8-15-16(6-7-23-18(15)17(9-11)22-2)20-19(21)14-10-13(14)12-4-3-5-12/h8-9,12-14,16H,3-7,10H2,1-2H3,(H,20,21)/t13-,14+,16-/m0/s1. The Hall–Kier alpha value is -1.71. The molecule has 1 aromatic rings. The summed E-state index contributed by atoms with van der Waals surface area (Å²) in [5.74, 6) is 3.50. The highest BCUT2D eigenvalue weighted by Gasteiger charge is 2.49. The van der Waals surface area contributed by atoms with Crippen molar-refractivity contribution in [2.75, 3.05) is 13.7 Å². The fourth-order valence-corrected chi connectivity index (χ4v) is 4.10. The smallest absolute Gasteiger partial charge is 0.223 e.